The quantitative estimate of drug-likeness (QED) is 0.572. The van der Waals surface area contributed by atoms with Crippen molar-refractivity contribution in [3.05, 3.63) is 16.5 Å². The predicted molar refractivity (Wildman–Crippen MR) is 85.3 cm³/mol. The summed E-state index contributed by atoms with van der Waals surface area (Å²) in [4.78, 5) is 23.8. The van der Waals surface area contributed by atoms with E-state index in [9.17, 15) is 9.59 Å². The Balaban J connectivity index is 2.87. The van der Waals surface area contributed by atoms with Crippen LogP contribution in [0.4, 0.5) is 9.80 Å². The SMILES string of the molecule is C#Cc1cc(C(=O)N[C@H](CN)CCCC)c(NC(N)=O)s1. The normalized spacial score (nSPS) is 11.5. The number of nitrogens with one attached hydrogen (secondary N) is 2. The van der Waals surface area contributed by atoms with Crippen LogP contribution in [0.3, 0.4) is 0 Å². The Morgan fingerprint density at radius 1 is 1.52 bits per heavy atom. The summed E-state index contributed by atoms with van der Waals surface area (Å²) >= 11 is 1.13. The van der Waals surface area contributed by atoms with Crippen molar-refractivity contribution in [1.29, 1.82) is 0 Å². The maximum atomic E-state index is 12.3. The molecule has 0 radical (unpaired) electrons. The van der Waals surface area contributed by atoms with Crippen LogP contribution < -0.4 is 22.1 Å². The smallest absolute Gasteiger partial charge is 0.317 e. The first-order chi connectivity index (χ1) is 10.0. The Morgan fingerprint density at radius 2 is 2.24 bits per heavy atom. The van der Waals surface area contributed by atoms with E-state index in [-0.39, 0.29) is 11.9 Å². The average Bonchev–Trinajstić information content (AvgIpc) is 2.85. The monoisotopic (exact) mass is 308 g/mol. The molecule has 0 saturated heterocycles. The van der Waals surface area contributed by atoms with Crippen molar-refractivity contribution < 1.29 is 9.59 Å². The van der Waals surface area contributed by atoms with Crippen LogP contribution in [0.25, 0.3) is 0 Å². The number of hydrogen-bond acceptors (Lipinski definition) is 4. The molecule has 6 N–H and O–H groups in total. The van der Waals surface area contributed by atoms with Crippen molar-refractivity contribution in [2.45, 2.75) is 32.2 Å². The third-order valence-electron chi connectivity index (χ3n) is 2.88. The van der Waals surface area contributed by atoms with Gasteiger partial charge in [-0.2, -0.15) is 0 Å². The topological polar surface area (TPSA) is 110 Å². The third-order valence-corrected chi connectivity index (χ3v) is 3.86. The Hall–Kier alpha value is -2.04. The molecule has 0 bridgehead atoms. The van der Waals surface area contributed by atoms with Crippen LogP contribution in [0.5, 0.6) is 0 Å². The lowest BCUT2D eigenvalue weighted by atomic mass is 10.1. The van der Waals surface area contributed by atoms with Gasteiger partial charge in [-0.1, -0.05) is 25.7 Å². The molecule has 0 aliphatic rings. The largest absolute Gasteiger partial charge is 0.351 e. The van der Waals surface area contributed by atoms with E-state index in [0.29, 0.717) is 22.0 Å². The fraction of sp³-hybridized carbons (Fsp3) is 0.429. The highest BCUT2D eigenvalue weighted by atomic mass is 32.1. The first-order valence-corrected chi connectivity index (χ1v) is 7.51. The lowest BCUT2D eigenvalue weighted by molar-refractivity contribution is 0.0937. The molecule has 1 heterocycles. The van der Waals surface area contributed by atoms with Crippen LogP contribution >= 0.6 is 11.3 Å². The summed E-state index contributed by atoms with van der Waals surface area (Å²) in [6.45, 7) is 2.43. The fourth-order valence-electron chi connectivity index (χ4n) is 1.80. The van der Waals surface area contributed by atoms with E-state index in [4.69, 9.17) is 17.9 Å². The summed E-state index contributed by atoms with van der Waals surface area (Å²) in [6, 6.07) is 0.711. The van der Waals surface area contributed by atoms with Crippen molar-refractivity contribution in [2.24, 2.45) is 11.5 Å². The van der Waals surface area contributed by atoms with Gasteiger partial charge < -0.3 is 16.8 Å². The molecule has 0 unspecified atom stereocenters. The second kappa shape index (κ2) is 8.29. The molecule has 21 heavy (non-hydrogen) atoms. The molecular weight excluding hydrogens is 288 g/mol. The van der Waals surface area contributed by atoms with Crippen molar-refractivity contribution in [3.8, 4) is 12.3 Å². The fourth-order valence-corrected chi connectivity index (χ4v) is 2.67. The van der Waals surface area contributed by atoms with Crippen LogP contribution in [0.2, 0.25) is 0 Å². The summed E-state index contributed by atoms with van der Waals surface area (Å²) in [5.41, 5.74) is 11.1. The summed E-state index contributed by atoms with van der Waals surface area (Å²) in [6.07, 6.45) is 8.14. The Kier molecular flexibility index (Phi) is 6.72. The molecule has 0 fully saturated rings. The van der Waals surface area contributed by atoms with Crippen molar-refractivity contribution in [2.75, 3.05) is 11.9 Å². The molecule has 0 aliphatic carbocycles. The van der Waals surface area contributed by atoms with Crippen LogP contribution in [-0.4, -0.2) is 24.5 Å². The molecule has 1 rings (SSSR count). The molecule has 1 aromatic rings. The van der Waals surface area contributed by atoms with Gasteiger partial charge >= 0.3 is 6.03 Å². The Labute approximate surface area is 128 Å². The number of carbonyl (C=O) groups is 2. The van der Waals surface area contributed by atoms with E-state index < -0.39 is 6.03 Å². The van der Waals surface area contributed by atoms with Gasteiger partial charge in [-0.05, 0) is 12.5 Å². The third kappa shape index (κ3) is 5.10. The molecule has 0 saturated carbocycles. The molecule has 114 valence electrons. The minimum Gasteiger partial charge on any atom is -0.351 e. The number of anilines is 1. The molecule has 0 aliphatic heterocycles. The highest BCUT2D eigenvalue weighted by molar-refractivity contribution is 7.17. The summed E-state index contributed by atoms with van der Waals surface area (Å²) in [5.74, 6) is 2.12. The molecule has 3 amide bonds. The van der Waals surface area contributed by atoms with Crippen LogP contribution in [0, 0.1) is 12.3 Å². The van der Waals surface area contributed by atoms with E-state index in [0.717, 1.165) is 30.6 Å². The summed E-state index contributed by atoms with van der Waals surface area (Å²) in [7, 11) is 0. The average molecular weight is 308 g/mol. The maximum absolute atomic E-state index is 12.3. The Morgan fingerprint density at radius 3 is 2.76 bits per heavy atom. The van der Waals surface area contributed by atoms with E-state index >= 15 is 0 Å². The molecular formula is C14H20N4O2S. The van der Waals surface area contributed by atoms with Gasteiger partial charge in [0.15, 0.2) is 0 Å². The minimum atomic E-state index is -0.740. The first-order valence-electron chi connectivity index (χ1n) is 6.69. The minimum absolute atomic E-state index is 0.104. The van der Waals surface area contributed by atoms with Gasteiger partial charge in [0.2, 0.25) is 0 Å². The van der Waals surface area contributed by atoms with E-state index in [1.165, 1.54) is 0 Å². The van der Waals surface area contributed by atoms with Gasteiger partial charge in [0, 0.05) is 12.6 Å². The van der Waals surface area contributed by atoms with Gasteiger partial charge in [0.1, 0.15) is 5.00 Å². The number of carbonyl (C=O) groups excluding carboxylic acids is 2. The van der Waals surface area contributed by atoms with Crippen molar-refractivity contribution >= 4 is 28.3 Å². The van der Waals surface area contributed by atoms with E-state index in [2.05, 4.69) is 23.5 Å². The summed E-state index contributed by atoms with van der Waals surface area (Å²) in [5, 5.41) is 5.61. The Bertz CT molecular complexity index is 548. The zero-order valence-electron chi connectivity index (χ0n) is 11.9. The van der Waals surface area contributed by atoms with E-state index in [1.54, 1.807) is 6.07 Å². The van der Waals surface area contributed by atoms with Gasteiger partial charge in [0.25, 0.3) is 5.91 Å². The molecule has 0 aromatic carbocycles. The number of hydrogen-bond donors (Lipinski definition) is 4. The number of thiophene rings is 1. The highest BCUT2D eigenvalue weighted by Gasteiger charge is 2.19. The van der Waals surface area contributed by atoms with Gasteiger partial charge in [-0.15, -0.1) is 17.8 Å². The lowest BCUT2D eigenvalue weighted by Gasteiger charge is -2.16. The van der Waals surface area contributed by atoms with Crippen LogP contribution in [-0.2, 0) is 0 Å². The molecule has 6 nitrogen and oxygen atoms in total. The van der Waals surface area contributed by atoms with Gasteiger partial charge in [0.05, 0.1) is 10.4 Å². The lowest BCUT2D eigenvalue weighted by Crippen LogP contribution is -2.40. The standard InChI is InChI=1S/C14H20N4O2S/c1-3-5-6-9(8-15)17-12(19)11-7-10(4-2)21-13(11)18-14(16)20/h2,7,9H,3,5-6,8,15H2,1H3,(H,17,19)(H3,16,18,20)/t9-/m0/s1. The number of primary amides is 1. The van der Waals surface area contributed by atoms with Gasteiger partial charge in [-0.3, -0.25) is 10.1 Å². The molecule has 0 spiro atoms. The van der Waals surface area contributed by atoms with Crippen molar-refractivity contribution in [1.82, 2.24) is 5.32 Å². The number of unbranched alkanes of at least 4 members (excludes halogenated alkanes) is 1. The molecule has 1 aromatic heterocycles. The number of nitrogens with two attached hydrogens (primary N) is 2. The zero-order valence-corrected chi connectivity index (χ0v) is 12.8. The number of rotatable bonds is 7. The number of terminal acetylenes is 1. The molecule has 1 atom stereocenters. The second-order valence-corrected chi connectivity index (χ2v) is 5.59. The van der Waals surface area contributed by atoms with Crippen LogP contribution in [0.1, 0.15) is 41.4 Å². The number of amides is 3. The molecule has 7 heteroatoms. The highest BCUT2D eigenvalue weighted by Crippen LogP contribution is 2.27. The maximum Gasteiger partial charge on any atom is 0.317 e. The van der Waals surface area contributed by atoms with Crippen LogP contribution in [0.15, 0.2) is 6.07 Å². The van der Waals surface area contributed by atoms with E-state index in [1.807, 2.05) is 0 Å². The van der Waals surface area contributed by atoms with Crippen molar-refractivity contribution in [3.63, 3.8) is 0 Å². The second-order valence-electron chi connectivity index (χ2n) is 4.54. The zero-order chi connectivity index (χ0) is 15.8. The summed E-state index contributed by atoms with van der Waals surface area (Å²) < 4.78 is 0. The number of urea groups is 1. The van der Waals surface area contributed by atoms with Gasteiger partial charge in [-0.25, -0.2) is 4.79 Å². The first kappa shape index (κ1) is 17.0. The predicted octanol–water partition coefficient (Wildman–Crippen LogP) is 1.47.